The molecular formula is C15H26N2O. The average molecular weight is 250 g/mol. The quantitative estimate of drug-likeness (QED) is 0.806. The van der Waals surface area contributed by atoms with Gasteiger partial charge in [-0.15, -0.1) is 0 Å². The van der Waals surface area contributed by atoms with Gasteiger partial charge in [0.05, 0.1) is 6.26 Å². The normalized spacial score (nSPS) is 17.7. The molecule has 0 aliphatic heterocycles. The summed E-state index contributed by atoms with van der Waals surface area (Å²) < 4.78 is 5.37. The number of rotatable bonds is 7. The van der Waals surface area contributed by atoms with Crippen LogP contribution in [0.5, 0.6) is 0 Å². The third-order valence-corrected chi connectivity index (χ3v) is 3.91. The fraction of sp³-hybridized carbons (Fsp3) is 0.733. The highest BCUT2D eigenvalue weighted by Gasteiger charge is 2.25. The van der Waals surface area contributed by atoms with Gasteiger partial charge in [-0.25, -0.2) is 0 Å². The first-order valence-electron chi connectivity index (χ1n) is 7.04. The Morgan fingerprint density at radius 3 is 2.67 bits per heavy atom. The summed E-state index contributed by atoms with van der Waals surface area (Å²) in [5, 5.41) is 3.65. The summed E-state index contributed by atoms with van der Waals surface area (Å²) in [6, 6.07) is 3.45. The smallest absolute Gasteiger partial charge is 0.105 e. The molecule has 1 heterocycles. The molecule has 1 saturated carbocycles. The van der Waals surface area contributed by atoms with Crippen LogP contribution in [-0.2, 0) is 6.54 Å². The molecule has 3 heteroatoms. The Morgan fingerprint density at radius 1 is 1.44 bits per heavy atom. The summed E-state index contributed by atoms with van der Waals surface area (Å²) in [5.74, 6) is 1.70. The number of likely N-dealkylation sites (N-methyl/N-ethyl adjacent to an activating group) is 1. The van der Waals surface area contributed by atoms with Gasteiger partial charge in [0, 0.05) is 30.7 Å². The van der Waals surface area contributed by atoms with Crippen LogP contribution in [0.1, 0.15) is 38.0 Å². The monoisotopic (exact) mass is 250 g/mol. The Balaban J connectivity index is 1.89. The number of aryl methyl sites for hydroxylation is 1. The SMILES string of the molecule is Cc1occc1CN(C)C(CNC1CC1)C(C)C. The maximum Gasteiger partial charge on any atom is 0.105 e. The fourth-order valence-electron chi connectivity index (χ4n) is 2.44. The highest BCUT2D eigenvalue weighted by atomic mass is 16.3. The van der Waals surface area contributed by atoms with Crippen molar-refractivity contribution in [3.8, 4) is 0 Å². The Labute approximate surface area is 111 Å². The van der Waals surface area contributed by atoms with Crippen molar-refractivity contribution in [3.63, 3.8) is 0 Å². The maximum atomic E-state index is 5.37. The van der Waals surface area contributed by atoms with Gasteiger partial charge in [0.2, 0.25) is 0 Å². The van der Waals surface area contributed by atoms with E-state index in [2.05, 4.69) is 37.2 Å². The first kappa shape index (κ1) is 13.6. The molecule has 1 atom stereocenters. The van der Waals surface area contributed by atoms with Gasteiger partial charge in [-0.1, -0.05) is 13.8 Å². The molecule has 2 rings (SSSR count). The molecular weight excluding hydrogens is 224 g/mol. The van der Waals surface area contributed by atoms with Crippen LogP contribution in [0.2, 0.25) is 0 Å². The minimum atomic E-state index is 0.583. The van der Waals surface area contributed by atoms with E-state index in [1.54, 1.807) is 6.26 Å². The van der Waals surface area contributed by atoms with E-state index in [-0.39, 0.29) is 0 Å². The molecule has 1 unspecified atom stereocenters. The number of nitrogens with one attached hydrogen (secondary N) is 1. The molecule has 0 spiro atoms. The standard InChI is InChI=1S/C15H26N2O/c1-11(2)15(9-16-14-5-6-14)17(4)10-13-7-8-18-12(13)3/h7-8,11,14-16H,5-6,9-10H2,1-4H3. The minimum absolute atomic E-state index is 0.583. The van der Waals surface area contributed by atoms with E-state index < -0.39 is 0 Å². The van der Waals surface area contributed by atoms with Gasteiger partial charge in [-0.2, -0.15) is 0 Å². The lowest BCUT2D eigenvalue weighted by atomic mass is 10.0. The van der Waals surface area contributed by atoms with Crippen LogP contribution in [0.25, 0.3) is 0 Å². The zero-order chi connectivity index (χ0) is 13.1. The number of furan rings is 1. The van der Waals surface area contributed by atoms with Crippen LogP contribution >= 0.6 is 0 Å². The summed E-state index contributed by atoms with van der Waals surface area (Å²) in [6.45, 7) is 8.71. The first-order valence-corrected chi connectivity index (χ1v) is 7.04. The number of hydrogen-bond acceptors (Lipinski definition) is 3. The van der Waals surface area contributed by atoms with Gasteiger partial charge in [-0.05, 0) is 38.8 Å². The molecule has 1 aromatic heterocycles. The lowest BCUT2D eigenvalue weighted by Crippen LogP contribution is -2.43. The molecule has 1 aromatic rings. The third-order valence-electron chi connectivity index (χ3n) is 3.91. The topological polar surface area (TPSA) is 28.4 Å². The van der Waals surface area contributed by atoms with Crippen molar-refractivity contribution in [1.82, 2.24) is 10.2 Å². The van der Waals surface area contributed by atoms with Crippen LogP contribution in [-0.4, -0.2) is 30.6 Å². The van der Waals surface area contributed by atoms with E-state index in [1.165, 1.54) is 18.4 Å². The summed E-state index contributed by atoms with van der Waals surface area (Å²) in [6.07, 6.45) is 4.50. The lowest BCUT2D eigenvalue weighted by molar-refractivity contribution is 0.178. The Bertz CT molecular complexity index is 368. The molecule has 18 heavy (non-hydrogen) atoms. The molecule has 0 amide bonds. The molecule has 102 valence electrons. The van der Waals surface area contributed by atoms with Crippen LogP contribution in [0, 0.1) is 12.8 Å². The van der Waals surface area contributed by atoms with Gasteiger partial charge in [0.15, 0.2) is 0 Å². The summed E-state index contributed by atoms with van der Waals surface area (Å²) >= 11 is 0. The van der Waals surface area contributed by atoms with Gasteiger partial charge in [-0.3, -0.25) is 4.90 Å². The molecule has 1 aliphatic rings. The van der Waals surface area contributed by atoms with Crippen molar-refractivity contribution in [2.24, 2.45) is 5.92 Å². The van der Waals surface area contributed by atoms with E-state index in [0.717, 1.165) is 24.9 Å². The molecule has 0 bridgehead atoms. The summed E-state index contributed by atoms with van der Waals surface area (Å²) in [7, 11) is 2.21. The second-order valence-corrected chi connectivity index (χ2v) is 5.91. The fourth-order valence-corrected chi connectivity index (χ4v) is 2.44. The van der Waals surface area contributed by atoms with Gasteiger partial charge < -0.3 is 9.73 Å². The minimum Gasteiger partial charge on any atom is -0.469 e. The van der Waals surface area contributed by atoms with Crippen molar-refractivity contribution in [1.29, 1.82) is 0 Å². The molecule has 3 nitrogen and oxygen atoms in total. The highest BCUT2D eigenvalue weighted by molar-refractivity contribution is 5.15. The molecule has 0 aromatic carbocycles. The Morgan fingerprint density at radius 2 is 2.17 bits per heavy atom. The van der Waals surface area contributed by atoms with Crippen LogP contribution in [0.3, 0.4) is 0 Å². The summed E-state index contributed by atoms with van der Waals surface area (Å²) in [4.78, 5) is 2.44. The van der Waals surface area contributed by atoms with E-state index in [9.17, 15) is 0 Å². The highest BCUT2D eigenvalue weighted by Crippen LogP contribution is 2.20. The van der Waals surface area contributed by atoms with Crippen LogP contribution in [0.4, 0.5) is 0 Å². The maximum absolute atomic E-state index is 5.37. The predicted octanol–water partition coefficient (Wildman–Crippen LogP) is 2.80. The second-order valence-electron chi connectivity index (χ2n) is 5.91. The summed E-state index contributed by atoms with van der Waals surface area (Å²) in [5.41, 5.74) is 1.30. The van der Waals surface area contributed by atoms with Crippen LogP contribution < -0.4 is 5.32 Å². The first-order chi connectivity index (χ1) is 8.58. The van der Waals surface area contributed by atoms with Crippen molar-refractivity contribution < 1.29 is 4.42 Å². The third kappa shape index (κ3) is 3.59. The van der Waals surface area contributed by atoms with E-state index in [0.29, 0.717) is 12.0 Å². The average Bonchev–Trinajstić information content (AvgIpc) is 3.04. The Hall–Kier alpha value is -0.800. The predicted molar refractivity (Wildman–Crippen MR) is 74.6 cm³/mol. The molecule has 0 radical (unpaired) electrons. The van der Waals surface area contributed by atoms with Gasteiger partial charge in [0.25, 0.3) is 0 Å². The van der Waals surface area contributed by atoms with Crippen molar-refractivity contribution in [2.45, 2.75) is 52.2 Å². The molecule has 1 N–H and O–H groups in total. The number of hydrogen-bond donors (Lipinski definition) is 1. The molecule has 1 fully saturated rings. The zero-order valence-corrected chi connectivity index (χ0v) is 12.1. The zero-order valence-electron chi connectivity index (χ0n) is 12.1. The van der Waals surface area contributed by atoms with Crippen molar-refractivity contribution in [2.75, 3.05) is 13.6 Å². The van der Waals surface area contributed by atoms with Crippen LogP contribution in [0.15, 0.2) is 16.7 Å². The largest absolute Gasteiger partial charge is 0.469 e. The van der Waals surface area contributed by atoms with E-state index in [4.69, 9.17) is 4.42 Å². The number of nitrogens with zero attached hydrogens (tertiary/aromatic N) is 1. The molecule has 0 saturated heterocycles. The Kier molecular flexibility index (Phi) is 4.46. The van der Waals surface area contributed by atoms with Crippen molar-refractivity contribution in [3.05, 3.63) is 23.7 Å². The molecule has 1 aliphatic carbocycles. The van der Waals surface area contributed by atoms with E-state index in [1.807, 2.05) is 6.92 Å². The lowest BCUT2D eigenvalue weighted by Gasteiger charge is -2.31. The second kappa shape index (κ2) is 5.89. The van der Waals surface area contributed by atoms with Gasteiger partial charge in [0.1, 0.15) is 5.76 Å². The van der Waals surface area contributed by atoms with Crippen molar-refractivity contribution >= 4 is 0 Å². The van der Waals surface area contributed by atoms with E-state index >= 15 is 0 Å². The van der Waals surface area contributed by atoms with Gasteiger partial charge >= 0.3 is 0 Å².